The number of nitrogens with zero attached hydrogens (tertiary/aromatic N) is 2. The van der Waals surface area contributed by atoms with Crippen molar-refractivity contribution in [1.29, 1.82) is 0 Å². The van der Waals surface area contributed by atoms with Crippen LogP contribution in [0.5, 0.6) is 0 Å². The van der Waals surface area contributed by atoms with Crippen LogP contribution in [0.15, 0.2) is 24.3 Å². The van der Waals surface area contributed by atoms with Crippen LogP contribution in [0.2, 0.25) is 0 Å². The van der Waals surface area contributed by atoms with E-state index in [0.29, 0.717) is 6.04 Å². The molecule has 2 atom stereocenters. The van der Waals surface area contributed by atoms with Crippen LogP contribution in [-0.4, -0.2) is 48.8 Å². The minimum absolute atomic E-state index is 0.113. The molecule has 1 fully saturated rings. The molecule has 1 aromatic rings. The first kappa shape index (κ1) is 12.3. The van der Waals surface area contributed by atoms with Crippen molar-refractivity contribution < 1.29 is 9.50 Å². The van der Waals surface area contributed by atoms with Crippen molar-refractivity contribution in [2.45, 2.75) is 19.0 Å². The van der Waals surface area contributed by atoms with Gasteiger partial charge in [0.05, 0.1) is 12.6 Å². The summed E-state index contributed by atoms with van der Waals surface area (Å²) >= 11 is 0. The van der Waals surface area contributed by atoms with Crippen LogP contribution in [0.1, 0.15) is 6.92 Å². The van der Waals surface area contributed by atoms with E-state index in [0.717, 1.165) is 18.8 Å². The minimum atomic E-state index is -0.213. The highest BCUT2D eigenvalue weighted by Crippen LogP contribution is 2.21. The van der Waals surface area contributed by atoms with Crippen molar-refractivity contribution in [3.05, 3.63) is 30.1 Å². The molecule has 1 aromatic carbocycles. The van der Waals surface area contributed by atoms with E-state index >= 15 is 0 Å². The molecule has 2 rings (SSSR count). The van der Waals surface area contributed by atoms with E-state index < -0.39 is 0 Å². The Morgan fingerprint density at radius 1 is 1.41 bits per heavy atom. The van der Waals surface area contributed by atoms with Gasteiger partial charge in [-0.3, -0.25) is 4.90 Å². The van der Waals surface area contributed by atoms with Gasteiger partial charge in [0.15, 0.2) is 0 Å². The van der Waals surface area contributed by atoms with Gasteiger partial charge in [0.2, 0.25) is 0 Å². The first-order valence-electron chi connectivity index (χ1n) is 5.95. The maximum atomic E-state index is 13.2. The van der Waals surface area contributed by atoms with Crippen molar-refractivity contribution in [2.24, 2.45) is 0 Å². The lowest BCUT2D eigenvalue weighted by Crippen LogP contribution is -2.57. The molecule has 1 N–H and O–H groups in total. The zero-order valence-corrected chi connectivity index (χ0v) is 10.3. The predicted octanol–water partition coefficient (Wildman–Crippen LogP) is 1.33. The Kier molecular flexibility index (Phi) is 3.64. The summed E-state index contributed by atoms with van der Waals surface area (Å²) in [5.74, 6) is -0.213. The SMILES string of the molecule is CC1CN(c2cccc(F)c2)CC(CO)N1C. The summed E-state index contributed by atoms with van der Waals surface area (Å²) in [5, 5.41) is 9.36. The molecular formula is C13H19FN2O. The van der Waals surface area contributed by atoms with Crippen LogP contribution >= 0.6 is 0 Å². The number of likely N-dealkylation sites (N-methyl/N-ethyl adjacent to an activating group) is 1. The Labute approximate surface area is 101 Å². The molecule has 0 amide bonds. The second-order valence-electron chi connectivity index (χ2n) is 4.74. The van der Waals surface area contributed by atoms with Gasteiger partial charge in [-0.15, -0.1) is 0 Å². The number of aliphatic hydroxyl groups excluding tert-OH is 1. The van der Waals surface area contributed by atoms with Gasteiger partial charge in [-0.05, 0) is 32.2 Å². The van der Waals surface area contributed by atoms with Crippen LogP contribution < -0.4 is 4.90 Å². The van der Waals surface area contributed by atoms with Crippen LogP contribution in [0, 0.1) is 5.82 Å². The lowest BCUT2D eigenvalue weighted by molar-refractivity contribution is 0.0996. The second kappa shape index (κ2) is 5.02. The monoisotopic (exact) mass is 238 g/mol. The van der Waals surface area contributed by atoms with Gasteiger partial charge in [-0.1, -0.05) is 6.07 Å². The Hall–Kier alpha value is -1.13. The van der Waals surface area contributed by atoms with E-state index in [1.807, 2.05) is 13.1 Å². The van der Waals surface area contributed by atoms with E-state index in [4.69, 9.17) is 0 Å². The average Bonchev–Trinajstić information content (AvgIpc) is 2.32. The van der Waals surface area contributed by atoms with E-state index in [-0.39, 0.29) is 18.5 Å². The third-order valence-electron chi connectivity index (χ3n) is 3.57. The lowest BCUT2D eigenvalue weighted by atomic mass is 10.1. The van der Waals surface area contributed by atoms with Crippen LogP contribution in [0.25, 0.3) is 0 Å². The second-order valence-corrected chi connectivity index (χ2v) is 4.74. The highest BCUT2D eigenvalue weighted by Gasteiger charge is 2.28. The summed E-state index contributed by atoms with van der Waals surface area (Å²) in [6.45, 7) is 3.85. The van der Waals surface area contributed by atoms with Crippen LogP contribution in [-0.2, 0) is 0 Å². The molecule has 0 aromatic heterocycles. The maximum absolute atomic E-state index is 13.2. The van der Waals surface area contributed by atoms with Gasteiger partial charge in [0, 0.05) is 24.8 Å². The fourth-order valence-corrected chi connectivity index (χ4v) is 2.34. The molecule has 1 saturated heterocycles. The summed E-state index contributed by atoms with van der Waals surface area (Å²) in [4.78, 5) is 4.31. The summed E-state index contributed by atoms with van der Waals surface area (Å²) in [6.07, 6.45) is 0. The maximum Gasteiger partial charge on any atom is 0.125 e. The summed E-state index contributed by atoms with van der Waals surface area (Å²) in [7, 11) is 2.02. The van der Waals surface area contributed by atoms with Crippen molar-refractivity contribution in [3.63, 3.8) is 0 Å². The molecule has 0 aliphatic carbocycles. The van der Waals surface area contributed by atoms with Crippen LogP contribution in [0.4, 0.5) is 10.1 Å². The number of rotatable bonds is 2. The summed E-state index contributed by atoms with van der Waals surface area (Å²) in [6, 6.07) is 7.10. The van der Waals surface area contributed by atoms with Crippen molar-refractivity contribution >= 4 is 5.69 Å². The number of halogens is 1. The number of piperazine rings is 1. The molecule has 4 heteroatoms. The van der Waals surface area contributed by atoms with Crippen molar-refractivity contribution in [2.75, 3.05) is 31.6 Å². The average molecular weight is 238 g/mol. The standard InChI is InChI=1S/C13H19FN2O/c1-10-7-16(8-13(9-17)15(10)2)12-5-3-4-11(14)6-12/h3-6,10,13,17H,7-9H2,1-2H3. The Bertz CT molecular complexity index is 385. The zero-order valence-electron chi connectivity index (χ0n) is 10.3. The van der Waals surface area contributed by atoms with E-state index in [1.165, 1.54) is 6.07 Å². The molecule has 1 aliphatic heterocycles. The zero-order chi connectivity index (χ0) is 12.4. The Morgan fingerprint density at radius 3 is 2.82 bits per heavy atom. The van der Waals surface area contributed by atoms with Gasteiger partial charge in [-0.2, -0.15) is 0 Å². The number of hydrogen-bond acceptors (Lipinski definition) is 3. The number of hydrogen-bond donors (Lipinski definition) is 1. The third-order valence-corrected chi connectivity index (χ3v) is 3.57. The van der Waals surface area contributed by atoms with Gasteiger partial charge in [-0.25, -0.2) is 4.39 Å². The van der Waals surface area contributed by atoms with Gasteiger partial charge < -0.3 is 10.0 Å². The molecule has 1 heterocycles. The summed E-state index contributed by atoms with van der Waals surface area (Å²) < 4.78 is 13.2. The molecule has 3 nitrogen and oxygen atoms in total. The Balaban J connectivity index is 2.17. The first-order valence-corrected chi connectivity index (χ1v) is 5.95. The molecule has 0 saturated carbocycles. The third kappa shape index (κ3) is 2.58. The first-order chi connectivity index (χ1) is 8.11. The smallest absolute Gasteiger partial charge is 0.125 e. The lowest BCUT2D eigenvalue weighted by Gasteiger charge is -2.44. The molecule has 17 heavy (non-hydrogen) atoms. The quantitative estimate of drug-likeness (QED) is 0.842. The molecule has 0 radical (unpaired) electrons. The number of anilines is 1. The fraction of sp³-hybridized carbons (Fsp3) is 0.538. The van der Waals surface area contributed by atoms with Gasteiger partial charge >= 0.3 is 0 Å². The number of benzene rings is 1. The summed E-state index contributed by atoms with van der Waals surface area (Å²) in [5.41, 5.74) is 0.892. The largest absolute Gasteiger partial charge is 0.395 e. The highest BCUT2D eigenvalue weighted by molar-refractivity contribution is 5.47. The van der Waals surface area contributed by atoms with E-state index in [1.54, 1.807) is 12.1 Å². The van der Waals surface area contributed by atoms with Crippen LogP contribution in [0.3, 0.4) is 0 Å². The van der Waals surface area contributed by atoms with Gasteiger partial charge in [0.1, 0.15) is 5.82 Å². The van der Waals surface area contributed by atoms with Crippen molar-refractivity contribution in [3.8, 4) is 0 Å². The molecule has 2 unspecified atom stereocenters. The topological polar surface area (TPSA) is 26.7 Å². The highest BCUT2D eigenvalue weighted by atomic mass is 19.1. The molecule has 94 valence electrons. The predicted molar refractivity (Wildman–Crippen MR) is 66.7 cm³/mol. The molecular weight excluding hydrogens is 219 g/mol. The normalized spacial score (nSPS) is 26.2. The minimum Gasteiger partial charge on any atom is -0.395 e. The van der Waals surface area contributed by atoms with Gasteiger partial charge in [0.25, 0.3) is 0 Å². The molecule has 1 aliphatic rings. The van der Waals surface area contributed by atoms with E-state index in [9.17, 15) is 9.50 Å². The fourth-order valence-electron chi connectivity index (χ4n) is 2.34. The Morgan fingerprint density at radius 2 is 2.18 bits per heavy atom. The van der Waals surface area contributed by atoms with E-state index in [2.05, 4.69) is 16.7 Å². The van der Waals surface area contributed by atoms with Crippen molar-refractivity contribution in [1.82, 2.24) is 4.90 Å². The number of aliphatic hydroxyl groups is 1. The molecule has 0 bridgehead atoms. The molecule has 0 spiro atoms.